The minimum atomic E-state index is -0.683. The van der Waals surface area contributed by atoms with E-state index in [0.29, 0.717) is 25.4 Å². The summed E-state index contributed by atoms with van der Waals surface area (Å²) in [5, 5.41) is 5.98. The summed E-state index contributed by atoms with van der Waals surface area (Å²) in [6.07, 6.45) is 7.04. The van der Waals surface area contributed by atoms with Gasteiger partial charge in [-0.05, 0) is 82.3 Å². The van der Waals surface area contributed by atoms with Crippen molar-refractivity contribution in [1.29, 1.82) is 0 Å². The number of piperidine rings is 3. The van der Waals surface area contributed by atoms with Crippen molar-refractivity contribution in [3.8, 4) is 5.75 Å². The molecule has 0 radical (unpaired) electrons. The smallest absolute Gasteiger partial charge is 0.240 e. The van der Waals surface area contributed by atoms with E-state index in [0.717, 1.165) is 36.9 Å². The highest BCUT2D eigenvalue weighted by molar-refractivity contribution is 6.04. The summed E-state index contributed by atoms with van der Waals surface area (Å²) in [6.45, 7) is 5.07. The Balaban J connectivity index is 0.00000218. The minimum absolute atomic E-state index is 0. The van der Waals surface area contributed by atoms with E-state index in [1.807, 2.05) is 6.07 Å². The summed E-state index contributed by atoms with van der Waals surface area (Å²) in [5.74, 6) is 1.13. The zero-order chi connectivity index (χ0) is 19.8. The van der Waals surface area contributed by atoms with E-state index in [4.69, 9.17) is 4.74 Å². The van der Waals surface area contributed by atoms with E-state index in [1.54, 1.807) is 0 Å². The third-order valence-electron chi connectivity index (χ3n) is 7.50. The Morgan fingerprint density at radius 1 is 1.10 bits per heavy atom. The van der Waals surface area contributed by atoms with E-state index in [9.17, 15) is 9.59 Å². The van der Waals surface area contributed by atoms with Crippen LogP contribution < -0.4 is 15.4 Å². The molecule has 0 bridgehead atoms. The average molecular weight is 434 g/mol. The molecule has 0 aliphatic carbocycles. The van der Waals surface area contributed by atoms with Crippen molar-refractivity contribution in [3.05, 3.63) is 29.3 Å². The predicted molar refractivity (Wildman–Crippen MR) is 117 cm³/mol. The molecule has 30 heavy (non-hydrogen) atoms. The maximum Gasteiger partial charge on any atom is 0.240 e. The molecule has 3 fully saturated rings. The Morgan fingerprint density at radius 2 is 1.87 bits per heavy atom. The molecule has 1 aromatic rings. The van der Waals surface area contributed by atoms with E-state index < -0.39 is 5.41 Å². The first-order chi connectivity index (χ1) is 14.1. The van der Waals surface area contributed by atoms with Crippen LogP contribution in [-0.4, -0.2) is 55.5 Å². The van der Waals surface area contributed by atoms with Gasteiger partial charge in [0.15, 0.2) is 0 Å². The number of hydrogen-bond acceptors (Lipinski definition) is 5. The fraction of sp³-hybridized carbons (Fsp3) is 0.652. The number of carbonyl (C=O) groups is 2. The summed E-state index contributed by atoms with van der Waals surface area (Å²) in [4.78, 5) is 27.0. The highest BCUT2D eigenvalue weighted by Crippen LogP contribution is 2.44. The number of carbonyl (C=O) groups excluding carboxylic acids is 2. The maximum atomic E-state index is 12.7. The van der Waals surface area contributed by atoms with Crippen LogP contribution in [0, 0.1) is 5.92 Å². The second-order valence-electron chi connectivity index (χ2n) is 9.24. The molecule has 164 valence electrons. The van der Waals surface area contributed by atoms with E-state index >= 15 is 0 Å². The van der Waals surface area contributed by atoms with Crippen molar-refractivity contribution in [2.75, 3.05) is 32.8 Å². The van der Waals surface area contributed by atoms with Gasteiger partial charge < -0.3 is 15.0 Å². The number of ether oxygens (including phenoxy) is 1. The molecular formula is C23H32ClN3O3. The molecule has 0 saturated carbocycles. The van der Waals surface area contributed by atoms with Crippen LogP contribution in [0.25, 0.3) is 0 Å². The number of halogens is 1. The Hall–Kier alpha value is -1.63. The summed E-state index contributed by atoms with van der Waals surface area (Å²) in [7, 11) is 0. The number of likely N-dealkylation sites (tertiary alicyclic amines) is 1. The topological polar surface area (TPSA) is 70.7 Å². The molecule has 4 aliphatic rings. The minimum Gasteiger partial charge on any atom is -0.492 e. The Morgan fingerprint density at radius 3 is 2.60 bits per heavy atom. The molecule has 7 heteroatoms. The quantitative estimate of drug-likeness (QED) is 0.715. The van der Waals surface area contributed by atoms with Gasteiger partial charge in [-0.3, -0.25) is 14.9 Å². The molecule has 5 rings (SSSR count). The number of fused-ring (bicyclic) bond motifs is 2. The van der Waals surface area contributed by atoms with E-state index in [-0.39, 0.29) is 24.2 Å². The fourth-order valence-corrected chi connectivity index (χ4v) is 5.65. The second kappa shape index (κ2) is 8.85. The molecule has 6 nitrogen and oxygen atoms in total. The summed E-state index contributed by atoms with van der Waals surface area (Å²) in [6, 6.07) is 7.12. The molecule has 2 N–H and O–H groups in total. The third kappa shape index (κ3) is 3.97. The van der Waals surface area contributed by atoms with E-state index in [1.165, 1.54) is 44.3 Å². The number of nitrogens with zero attached hydrogens (tertiary/aromatic N) is 1. The Kier molecular flexibility index (Phi) is 6.37. The van der Waals surface area contributed by atoms with Gasteiger partial charge in [0.1, 0.15) is 17.8 Å². The molecule has 1 atom stereocenters. The Labute approximate surface area is 184 Å². The highest BCUT2D eigenvalue weighted by atomic mass is 35.5. The van der Waals surface area contributed by atoms with Crippen molar-refractivity contribution < 1.29 is 14.3 Å². The maximum absolute atomic E-state index is 12.7. The van der Waals surface area contributed by atoms with Crippen LogP contribution >= 0.6 is 12.4 Å². The molecule has 4 aliphatic heterocycles. The van der Waals surface area contributed by atoms with Crippen molar-refractivity contribution >= 4 is 24.2 Å². The van der Waals surface area contributed by atoms with E-state index in [2.05, 4.69) is 27.7 Å². The molecule has 1 spiro atoms. The van der Waals surface area contributed by atoms with Crippen molar-refractivity contribution in [2.45, 2.75) is 56.4 Å². The van der Waals surface area contributed by atoms with Crippen LogP contribution in [0.15, 0.2) is 18.2 Å². The number of imide groups is 1. The lowest BCUT2D eigenvalue weighted by molar-refractivity contribution is -0.138. The molecule has 1 unspecified atom stereocenters. The molecule has 4 heterocycles. The normalized spacial score (nSPS) is 28.0. The van der Waals surface area contributed by atoms with Gasteiger partial charge in [-0.1, -0.05) is 12.1 Å². The Bertz CT molecular complexity index is 803. The van der Waals surface area contributed by atoms with Crippen molar-refractivity contribution in [3.63, 3.8) is 0 Å². The van der Waals surface area contributed by atoms with Crippen molar-refractivity contribution in [2.24, 2.45) is 5.92 Å². The van der Waals surface area contributed by atoms with Crippen LogP contribution in [0.5, 0.6) is 5.75 Å². The number of nitrogens with one attached hydrogen (secondary N) is 2. The third-order valence-corrected chi connectivity index (χ3v) is 7.50. The first kappa shape index (κ1) is 21.6. The standard InChI is InChI=1S/C23H31N3O3.ClH/c27-21-3-8-23(22(28)25-21)15-29-20-2-1-17(14-19(20)23)13-16-6-11-26(12-7-16)18-4-9-24-10-5-18;/h1-2,14,16,18,24H,3-13,15H2,(H,25,27,28);1H. The fourth-order valence-electron chi connectivity index (χ4n) is 5.65. The molecule has 2 amide bonds. The van der Waals surface area contributed by atoms with Gasteiger partial charge in [-0.25, -0.2) is 0 Å². The van der Waals surface area contributed by atoms with Crippen LogP contribution in [0.2, 0.25) is 0 Å². The van der Waals surface area contributed by atoms with Gasteiger partial charge >= 0.3 is 0 Å². The van der Waals surface area contributed by atoms with Gasteiger partial charge in [-0.15, -0.1) is 12.4 Å². The number of amides is 2. The van der Waals surface area contributed by atoms with Crippen LogP contribution in [0.1, 0.15) is 49.7 Å². The predicted octanol–water partition coefficient (Wildman–Crippen LogP) is 2.18. The van der Waals surface area contributed by atoms with Gasteiger partial charge in [0.2, 0.25) is 11.8 Å². The lowest BCUT2D eigenvalue weighted by Crippen LogP contribution is -2.52. The number of benzene rings is 1. The largest absolute Gasteiger partial charge is 0.492 e. The van der Waals surface area contributed by atoms with Gasteiger partial charge in [0.25, 0.3) is 0 Å². The van der Waals surface area contributed by atoms with Crippen LogP contribution in [-0.2, 0) is 21.4 Å². The average Bonchev–Trinajstić information content (AvgIpc) is 3.11. The monoisotopic (exact) mass is 433 g/mol. The van der Waals surface area contributed by atoms with Gasteiger partial charge in [0, 0.05) is 18.0 Å². The SMILES string of the molecule is Cl.O=C1CCC2(COc3ccc(CC4CCN(C5CCNCC5)CC4)cc32)C(=O)N1. The molecular weight excluding hydrogens is 402 g/mol. The summed E-state index contributed by atoms with van der Waals surface area (Å²) in [5.41, 5.74) is 1.59. The lowest BCUT2D eigenvalue weighted by Gasteiger charge is -2.39. The van der Waals surface area contributed by atoms with Crippen LogP contribution in [0.4, 0.5) is 0 Å². The zero-order valence-electron chi connectivity index (χ0n) is 17.5. The summed E-state index contributed by atoms with van der Waals surface area (Å²) < 4.78 is 5.84. The molecule has 1 aromatic carbocycles. The summed E-state index contributed by atoms with van der Waals surface area (Å²) >= 11 is 0. The highest BCUT2D eigenvalue weighted by Gasteiger charge is 2.50. The molecule has 0 aromatic heterocycles. The first-order valence-electron chi connectivity index (χ1n) is 11.2. The van der Waals surface area contributed by atoms with Gasteiger partial charge in [0.05, 0.1) is 0 Å². The van der Waals surface area contributed by atoms with Crippen LogP contribution in [0.3, 0.4) is 0 Å². The van der Waals surface area contributed by atoms with Crippen molar-refractivity contribution in [1.82, 2.24) is 15.5 Å². The molecule has 3 saturated heterocycles. The lowest BCUT2D eigenvalue weighted by atomic mass is 9.74. The number of hydrogen-bond donors (Lipinski definition) is 2. The first-order valence-corrected chi connectivity index (χ1v) is 11.2. The number of rotatable bonds is 3. The zero-order valence-corrected chi connectivity index (χ0v) is 18.3. The van der Waals surface area contributed by atoms with Gasteiger partial charge in [-0.2, -0.15) is 0 Å². The second-order valence-corrected chi connectivity index (χ2v) is 9.24.